The second kappa shape index (κ2) is 6.29. The van der Waals surface area contributed by atoms with E-state index in [9.17, 15) is 4.79 Å². The van der Waals surface area contributed by atoms with Crippen LogP contribution < -0.4 is 9.47 Å². The SMILES string of the molecule is COc1cc(OC)cc(C(=O)N(CCC#N)C2CC2)c1. The summed E-state index contributed by atoms with van der Waals surface area (Å²) in [6, 6.07) is 7.49. The first-order valence-corrected chi connectivity index (χ1v) is 6.60. The Balaban J connectivity index is 2.23. The lowest BCUT2D eigenvalue weighted by Gasteiger charge is -2.21. The molecule has 0 spiro atoms. The molecule has 0 aliphatic heterocycles. The third-order valence-electron chi connectivity index (χ3n) is 3.31. The number of ether oxygens (including phenoxy) is 2. The van der Waals surface area contributed by atoms with E-state index in [0.717, 1.165) is 12.8 Å². The van der Waals surface area contributed by atoms with Gasteiger partial charge in [-0.25, -0.2) is 0 Å². The van der Waals surface area contributed by atoms with Gasteiger partial charge in [-0.2, -0.15) is 5.26 Å². The van der Waals surface area contributed by atoms with Gasteiger partial charge in [0.1, 0.15) is 11.5 Å². The molecule has 20 heavy (non-hydrogen) atoms. The van der Waals surface area contributed by atoms with Crippen LogP contribution in [0, 0.1) is 11.3 Å². The lowest BCUT2D eigenvalue weighted by atomic mass is 10.1. The summed E-state index contributed by atoms with van der Waals surface area (Å²) < 4.78 is 10.4. The Morgan fingerprint density at radius 3 is 2.35 bits per heavy atom. The minimum absolute atomic E-state index is 0.0695. The highest BCUT2D eigenvalue weighted by Gasteiger charge is 2.33. The van der Waals surface area contributed by atoms with Crippen LogP contribution in [0.3, 0.4) is 0 Å². The summed E-state index contributed by atoms with van der Waals surface area (Å²) in [4.78, 5) is 14.3. The maximum atomic E-state index is 12.6. The van der Waals surface area contributed by atoms with Gasteiger partial charge in [0.2, 0.25) is 0 Å². The standard InChI is InChI=1S/C15H18N2O3/c1-19-13-8-11(9-14(10-13)20-2)15(18)17(7-3-6-16)12-4-5-12/h8-10,12H,3-5,7H2,1-2H3. The van der Waals surface area contributed by atoms with Crippen LogP contribution in [0.2, 0.25) is 0 Å². The van der Waals surface area contributed by atoms with Gasteiger partial charge in [-0.15, -0.1) is 0 Å². The van der Waals surface area contributed by atoms with Crippen molar-refractivity contribution >= 4 is 5.91 Å². The van der Waals surface area contributed by atoms with Crippen LogP contribution in [0.5, 0.6) is 11.5 Å². The second-order valence-corrected chi connectivity index (χ2v) is 4.74. The van der Waals surface area contributed by atoms with Crippen LogP contribution >= 0.6 is 0 Å². The number of rotatable bonds is 6. The molecule has 0 aromatic heterocycles. The monoisotopic (exact) mass is 274 g/mol. The molecule has 1 aliphatic rings. The van der Waals surface area contributed by atoms with Crippen molar-refractivity contribution in [3.63, 3.8) is 0 Å². The fraction of sp³-hybridized carbons (Fsp3) is 0.467. The number of carbonyl (C=O) groups excluding carboxylic acids is 1. The normalized spacial score (nSPS) is 13.4. The Kier molecular flexibility index (Phi) is 4.46. The third-order valence-corrected chi connectivity index (χ3v) is 3.31. The summed E-state index contributed by atoms with van der Waals surface area (Å²) in [5, 5.41) is 8.71. The molecule has 0 atom stereocenters. The van der Waals surface area contributed by atoms with E-state index in [1.807, 2.05) is 0 Å². The van der Waals surface area contributed by atoms with Gasteiger partial charge in [0.05, 0.1) is 26.7 Å². The highest BCUT2D eigenvalue weighted by molar-refractivity contribution is 5.95. The molecule has 1 aliphatic carbocycles. The van der Waals surface area contributed by atoms with Gasteiger partial charge in [-0.3, -0.25) is 4.79 Å². The maximum absolute atomic E-state index is 12.6. The smallest absolute Gasteiger partial charge is 0.254 e. The van der Waals surface area contributed by atoms with Crippen molar-refractivity contribution in [3.05, 3.63) is 23.8 Å². The Morgan fingerprint density at radius 1 is 1.30 bits per heavy atom. The van der Waals surface area contributed by atoms with Gasteiger partial charge in [0.15, 0.2) is 0 Å². The number of carbonyl (C=O) groups is 1. The van der Waals surface area contributed by atoms with Gasteiger partial charge in [0, 0.05) is 24.2 Å². The van der Waals surface area contributed by atoms with Crippen LogP contribution in [-0.2, 0) is 0 Å². The van der Waals surface area contributed by atoms with Crippen molar-refractivity contribution < 1.29 is 14.3 Å². The molecule has 1 aromatic rings. The number of nitriles is 1. The van der Waals surface area contributed by atoms with E-state index in [0.29, 0.717) is 30.0 Å². The topological polar surface area (TPSA) is 62.6 Å². The first-order valence-electron chi connectivity index (χ1n) is 6.60. The van der Waals surface area contributed by atoms with Crippen molar-refractivity contribution in [3.8, 4) is 17.6 Å². The van der Waals surface area contributed by atoms with Crippen molar-refractivity contribution in [1.29, 1.82) is 5.26 Å². The predicted octanol–water partition coefficient (Wildman–Crippen LogP) is 2.22. The van der Waals surface area contributed by atoms with Crippen molar-refractivity contribution in [2.24, 2.45) is 0 Å². The third kappa shape index (κ3) is 3.21. The Hall–Kier alpha value is -2.22. The van der Waals surface area contributed by atoms with E-state index >= 15 is 0 Å². The van der Waals surface area contributed by atoms with E-state index in [1.165, 1.54) is 0 Å². The molecular formula is C15H18N2O3. The van der Waals surface area contributed by atoms with E-state index in [-0.39, 0.29) is 11.9 Å². The average molecular weight is 274 g/mol. The molecule has 0 N–H and O–H groups in total. The molecule has 1 amide bonds. The lowest BCUT2D eigenvalue weighted by molar-refractivity contribution is 0.0746. The lowest BCUT2D eigenvalue weighted by Crippen LogP contribution is -2.33. The van der Waals surface area contributed by atoms with Crippen LogP contribution in [0.15, 0.2) is 18.2 Å². The van der Waals surface area contributed by atoms with Gasteiger partial charge >= 0.3 is 0 Å². The van der Waals surface area contributed by atoms with Crippen LogP contribution in [0.25, 0.3) is 0 Å². The zero-order chi connectivity index (χ0) is 14.5. The van der Waals surface area contributed by atoms with E-state index < -0.39 is 0 Å². The summed E-state index contributed by atoms with van der Waals surface area (Å²) >= 11 is 0. The van der Waals surface area contributed by atoms with Gasteiger partial charge in [-0.05, 0) is 25.0 Å². The fourth-order valence-corrected chi connectivity index (χ4v) is 2.10. The highest BCUT2D eigenvalue weighted by Crippen LogP contribution is 2.30. The molecule has 0 unspecified atom stereocenters. The summed E-state index contributed by atoms with van der Waals surface area (Å²) in [6.07, 6.45) is 2.37. The fourth-order valence-electron chi connectivity index (χ4n) is 2.10. The largest absolute Gasteiger partial charge is 0.497 e. The molecular weight excluding hydrogens is 256 g/mol. The summed E-state index contributed by atoms with van der Waals surface area (Å²) in [5.41, 5.74) is 0.533. The molecule has 0 radical (unpaired) electrons. The number of amides is 1. The van der Waals surface area contributed by atoms with Gasteiger partial charge in [-0.1, -0.05) is 0 Å². The number of nitrogens with zero attached hydrogens (tertiary/aromatic N) is 2. The first kappa shape index (κ1) is 14.2. The van der Waals surface area contributed by atoms with Crippen molar-refractivity contribution in [1.82, 2.24) is 4.90 Å². The van der Waals surface area contributed by atoms with Crippen LogP contribution in [0.4, 0.5) is 0 Å². The molecule has 1 aromatic carbocycles. The number of benzene rings is 1. The van der Waals surface area contributed by atoms with Crippen molar-refractivity contribution in [2.75, 3.05) is 20.8 Å². The second-order valence-electron chi connectivity index (χ2n) is 4.74. The summed E-state index contributed by atoms with van der Waals surface area (Å²) in [5.74, 6) is 1.10. The molecule has 1 saturated carbocycles. The minimum atomic E-state index is -0.0695. The number of hydrogen-bond donors (Lipinski definition) is 0. The molecule has 0 bridgehead atoms. The van der Waals surface area contributed by atoms with Crippen LogP contribution in [0.1, 0.15) is 29.6 Å². The Bertz CT molecular complexity index is 510. The zero-order valence-corrected chi connectivity index (χ0v) is 11.8. The Labute approximate surface area is 118 Å². The number of hydrogen-bond acceptors (Lipinski definition) is 4. The van der Waals surface area contributed by atoms with Gasteiger partial charge in [0.25, 0.3) is 5.91 Å². The molecule has 0 heterocycles. The summed E-state index contributed by atoms with van der Waals surface area (Å²) in [6.45, 7) is 0.472. The highest BCUT2D eigenvalue weighted by atomic mass is 16.5. The van der Waals surface area contributed by atoms with Crippen LogP contribution in [-0.4, -0.2) is 37.6 Å². The first-order chi connectivity index (χ1) is 9.69. The van der Waals surface area contributed by atoms with E-state index in [1.54, 1.807) is 37.3 Å². The van der Waals surface area contributed by atoms with Crippen molar-refractivity contribution in [2.45, 2.75) is 25.3 Å². The van der Waals surface area contributed by atoms with Gasteiger partial charge < -0.3 is 14.4 Å². The molecule has 2 rings (SSSR count). The minimum Gasteiger partial charge on any atom is -0.497 e. The maximum Gasteiger partial charge on any atom is 0.254 e. The molecule has 5 heteroatoms. The Morgan fingerprint density at radius 2 is 1.90 bits per heavy atom. The zero-order valence-electron chi connectivity index (χ0n) is 11.8. The average Bonchev–Trinajstić information content (AvgIpc) is 3.31. The molecule has 0 saturated heterocycles. The molecule has 1 fully saturated rings. The number of methoxy groups -OCH3 is 2. The summed E-state index contributed by atoms with van der Waals surface area (Å²) in [7, 11) is 3.11. The van der Waals surface area contributed by atoms with E-state index in [4.69, 9.17) is 14.7 Å². The quantitative estimate of drug-likeness (QED) is 0.798. The molecule has 5 nitrogen and oxygen atoms in total. The van der Waals surface area contributed by atoms with E-state index in [2.05, 4.69) is 6.07 Å². The predicted molar refractivity (Wildman–Crippen MR) is 73.8 cm³/mol. The molecule has 106 valence electrons.